The Morgan fingerprint density at radius 2 is 1.88 bits per heavy atom. The van der Waals surface area contributed by atoms with Crippen LogP contribution < -0.4 is 15.8 Å². The molecule has 2 amide bonds. The van der Waals surface area contributed by atoms with Crippen molar-refractivity contribution in [3.63, 3.8) is 0 Å². The van der Waals surface area contributed by atoms with E-state index in [0.717, 1.165) is 30.0 Å². The molecule has 0 heterocycles. The minimum atomic E-state index is -3.82. The van der Waals surface area contributed by atoms with Gasteiger partial charge in [-0.15, -0.1) is 11.8 Å². The summed E-state index contributed by atoms with van der Waals surface area (Å²) in [5, 5.41) is 2.52. The average molecular weight is 397 g/mol. The Hall–Kier alpha value is -2.43. The zero-order valence-electron chi connectivity index (χ0n) is 13.7. The van der Waals surface area contributed by atoms with Crippen molar-refractivity contribution in [1.29, 1.82) is 0 Å². The number of carbonyl (C=O) groups is 2. The highest BCUT2D eigenvalue weighted by atomic mass is 32.2. The summed E-state index contributed by atoms with van der Waals surface area (Å²) in [4.78, 5) is 23.7. The molecule has 0 aromatic heterocycles. The molecule has 2 rings (SSSR count). The third-order valence-electron chi connectivity index (χ3n) is 3.27. The fourth-order valence-electron chi connectivity index (χ4n) is 2.00. The second-order valence-corrected chi connectivity index (χ2v) is 7.96. The van der Waals surface area contributed by atoms with Gasteiger partial charge in [0.05, 0.1) is 21.9 Å². The van der Waals surface area contributed by atoms with Crippen LogP contribution in [0.4, 0.5) is 10.1 Å². The molecule has 0 saturated carbocycles. The lowest BCUT2D eigenvalue weighted by molar-refractivity contribution is -0.115. The van der Waals surface area contributed by atoms with Crippen LogP contribution in [0.3, 0.4) is 0 Å². The van der Waals surface area contributed by atoms with E-state index >= 15 is 0 Å². The van der Waals surface area contributed by atoms with Crippen molar-refractivity contribution in [3.8, 4) is 0 Å². The highest BCUT2D eigenvalue weighted by molar-refractivity contribution is 8.00. The molecule has 0 saturated heterocycles. The molecule has 0 spiro atoms. The molecule has 2 aromatic carbocycles. The van der Waals surface area contributed by atoms with E-state index < -0.39 is 33.2 Å². The molecule has 0 fully saturated rings. The van der Waals surface area contributed by atoms with Crippen LogP contribution in [0.2, 0.25) is 0 Å². The number of benzene rings is 2. The molecular formula is C16H16FN3O4S2. The van der Waals surface area contributed by atoms with Crippen molar-refractivity contribution in [2.45, 2.75) is 9.79 Å². The number of halogens is 1. The first-order chi connectivity index (χ1) is 12.2. The number of anilines is 1. The summed E-state index contributed by atoms with van der Waals surface area (Å²) in [5.74, 6) is -2.19. The summed E-state index contributed by atoms with van der Waals surface area (Å²) < 4.78 is 39.8. The third kappa shape index (κ3) is 4.81. The minimum absolute atomic E-state index is 0.0111. The van der Waals surface area contributed by atoms with Crippen LogP contribution in [0.15, 0.2) is 52.3 Å². The maximum atomic E-state index is 14.0. The van der Waals surface area contributed by atoms with Crippen LogP contribution in [-0.4, -0.2) is 33.0 Å². The number of nitrogens with two attached hydrogens (primary N) is 1. The standard InChI is InChI=1S/C16H16FN3O4S2/c1-19-26(23,24)10-6-7-12(17)11(8-10)16(22)20-13-4-2-3-5-14(13)25-9-15(18)21/h2-8,19H,9H2,1H3,(H2,18,21)(H,20,22). The van der Waals surface area contributed by atoms with E-state index in [0.29, 0.717) is 10.6 Å². The first-order valence-corrected chi connectivity index (χ1v) is 9.76. The van der Waals surface area contributed by atoms with Crippen LogP contribution in [0.5, 0.6) is 0 Å². The van der Waals surface area contributed by atoms with Gasteiger partial charge < -0.3 is 11.1 Å². The Bertz CT molecular complexity index is 948. The molecule has 2 aromatic rings. The van der Waals surface area contributed by atoms with Crippen molar-refractivity contribution in [2.75, 3.05) is 18.1 Å². The monoisotopic (exact) mass is 397 g/mol. The fraction of sp³-hybridized carbons (Fsp3) is 0.125. The maximum Gasteiger partial charge on any atom is 0.258 e. The summed E-state index contributed by atoms with van der Waals surface area (Å²) in [6.45, 7) is 0. The Morgan fingerprint density at radius 1 is 1.19 bits per heavy atom. The van der Waals surface area contributed by atoms with Crippen LogP contribution >= 0.6 is 11.8 Å². The molecule has 0 unspecified atom stereocenters. The first-order valence-electron chi connectivity index (χ1n) is 7.29. The van der Waals surface area contributed by atoms with Gasteiger partial charge in [0.1, 0.15) is 5.82 Å². The second kappa shape index (κ2) is 8.30. The van der Waals surface area contributed by atoms with Gasteiger partial charge in [-0.3, -0.25) is 9.59 Å². The normalized spacial score (nSPS) is 11.2. The average Bonchev–Trinajstić information content (AvgIpc) is 2.61. The molecule has 138 valence electrons. The molecule has 0 aliphatic heterocycles. The Morgan fingerprint density at radius 3 is 2.54 bits per heavy atom. The van der Waals surface area contributed by atoms with Gasteiger partial charge in [-0.25, -0.2) is 17.5 Å². The quantitative estimate of drug-likeness (QED) is 0.613. The molecule has 7 nitrogen and oxygen atoms in total. The van der Waals surface area contributed by atoms with Crippen LogP contribution in [0.1, 0.15) is 10.4 Å². The highest BCUT2D eigenvalue weighted by Gasteiger charge is 2.19. The van der Waals surface area contributed by atoms with Gasteiger partial charge in [0.25, 0.3) is 5.91 Å². The van der Waals surface area contributed by atoms with E-state index in [-0.39, 0.29) is 10.6 Å². The van der Waals surface area contributed by atoms with Crippen molar-refractivity contribution in [3.05, 3.63) is 53.8 Å². The molecular weight excluding hydrogens is 381 g/mol. The number of para-hydroxylation sites is 1. The minimum Gasteiger partial charge on any atom is -0.369 e. The zero-order valence-corrected chi connectivity index (χ0v) is 15.3. The summed E-state index contributed by atoms with van der Waals surface area (Å²) in [7, 11) is -2.61. The van der Waals surface area contributed by atoms with Gasteiger partial charge in [0.15, 0.2) is 0 Å². The number of rotatable bonds is 7. The van der Waals surface area contributed by atoms with Crippen LogP contribution in [0.25, 0.3) is 0 Å². The smallest absolute Gasteiger partial charge is 0.258 e. The van der Waals surface area contributed by atoms with E-state index in [2.05, 4.69) is 10.0 Å². The topological polar surface area (TPSA) is 118 Å². The van der Waals surface area contributed by atoms with Crippen LogP contribution in [-0.2, 0) is 14.8 Å². The third-order valence-corrected chi connectivity index (χ3v) is 5.77. The molecule has 10 heteroatoms. The molecule has 0 radical (unpaired) electrons. The lowest BCUT2D eigenvalue weighted by Crippen LogP contribution is -2.20. The highest BCUT2D eigenvalue weighted by Crippen LogP contribution is 2.27. The molecule has 0 aliphatic rings. The van der Waals surface area contributed by atoms with E-state index in [9.17, 15) is 22.4 Å². The lowest BCUT2D eigenvalue weighted by atomic mass is 10.2. The number of sulfonamides is 1. The van der Waals surface area contributed by atoms with Crippen molar-refractivity contribution < 1.29 is 22.4 Å². The number of nitrogens with one attached hydrogen (secondary N) is 2. The van der Waals surface area contributed by atoms with Crippen LogP contribution in [0, 0.1) is 5.82 Å². The van der Waals surface area contributed by atoms with Crippen molar-refractivity contribution >= 4 is 39.3 Å². The molecule has 26 heavy (non-hydrogen) atoms. The molecule has 0 bridgehead atoms. The van der Waals surface area contributed by atoms with E-state index in [1.165, 1.54) is 7.05 Å². The fourth-order valence-corrected chi connectivity index (χ4v) is 3.50. The molecule has 0 atom stereocenters. The Kier molecular flexibility index (Phi) is 6.35. The number of hydrogen-bond donors (Lipinski definition) is 3. The van der Waals surface area contributed by atoms with Gasteiger partial charge in [0, 0.05) is 4.90 Å². The number of thioether (sulfide) groups is 1. The largest absolute Gasteiger partial charge is 0.369 e. The Balaban J connectivity index is 2.31. The summed E-state index contributed by atoms with van der Waals surface area (Å²) >= 11 is 1.12. The lowest BCUT2D eigenvalue weighted by Gasteiger charge is -2.11. The summed E-state index contributed by atoms with van der Waals surface area (Å²) in [6, 6.07) is 9.54. The van der Waals surface area contributed by atoms with E-state index in [1.54, 1.807) is 24.3 Å². The summed E-state index contributed by atoms with van der Waals surface area (Å²) in [5.41, 5.74) is 5.05. The van der Waals surface area contributed by atoms with Crippen molar-refractivity contribution in [2.24, 2.45) is 5.73 Å². The number of carbonyl (C=O) groups excluding carboxylic acids is 2. The predicted molar refractivity (Wildman–Crippen MR) is 97.0 cm³/mol. The summed E-state index contributed by atoms with van der Waals surface area (Å²) in [6.07, 6.45) is 0. The SMILES string of the molecule is CNS(=O)(=O)c1ccc(F)c(C(=O)Nc2ccccc2SCC(N)=O)c1. The van der Waals surface area contributed by atoms with Crippen molar-refractivity contribution in [1.82, 2.24) is 4.72 Å². The van der Waals surface area contributed by atoms with Gasteiger partial charge in [0.2, 0.25) is 15.9 Å². The number of hydrogen-bond acceptors (Lipinski definition) is 5. The Labute approximate surface area is 154 Å². The van der Waals surface area contributed by atoms with Gasteiger partial charge in [-0.1, -0.05) is 12.1 Å². The number of amides is 2. The predicted octanol–water partition coefficient (Wildman–Crippen LogP) is 1.56. The van der Waals surface area contributed by atoms with Gasteiger partial charge >= 0.3 is 0 Å². The maximum absolute atomic E-state index is 14.0. The van der Waals surface area contributed by atoms with E-state index in [1.807, 2.05) is 0 Å². The van der Waals surface area contributed by atoms with Gasteiger partial charge in [-0.2, -0.15) is 0 Å². The van der Waals surface area contributed by atoms with E-state index in [4.69, 9.17) is 5.73 Å². The molecule has 4 N–H and O–H groups in total. The number of primary amides is 1. The molecule has 0 aliphatic carbocycles. The zero-order chi connectivity index (χ0) is 19.3. The first kappa shape index (κ1) is 19.9. The van der Waals surface area contributed by atoms with Gasteiger partial charge in [-0.05, 0) is 37.4 Å². The second-order valence-electron chi connectivity index (χ2n) is 5.05.